The highest BCUT2D eigenvalue weighted by Crippen LogP contribution is 2.34. The number of nitrogens with zero attached hydrogens (tertiary/aromatic N) is 2. The summed E-state index contributed by atoms with van der Waals surface area (Å²) in [4.78, 5) is 15.7. The average molecular weight is 304 g/mol. The van der Waals surface area contributed by atoms with E-state index in [0.717, 1.165) is 4.90 Å². The van der Waals surface area contributed by atoms with Crippen molar-refractivity contribution < 1.29 is 4.92 Å². The number of nitrogen functional groups attached to an aromatic ring is 1. The van der Waals surface area contributed by atoms with Gasteiger partial charge in [0.05, 0.1) is 4.92 Å². The van der Waals surface area contributed by atoms with Gasteiger partial charge >= 0.3 is 5.69 Å². The van der Waals surface area contributed by atoms with Crippen LogP contribution in [0.5, 0.6) is 0 Å². The van der Waals surface area contributed by atoms with E-state index in [1.807, 2.05) is 24.3 Å². The van der Waals surface area contributed by atoms with E-state index in [-0.39, 0.29) is 5.69 Å². The molecule has 6 nitrogen and oxygen atoms in total. The van der Waals surface area contributed by atoms with Crippen LogP contribution in [0.15, 0.2) is 46.3 Å². The van der Waals surface area contributed by atoms with E-state index in [0.29, 0.717) is 16.8 Å². The highest BCUT2D eigenvalue weighted by molar-refractivity contribution is 7.99. The maximum atomic E-state index is 11.1. The van der Waals surface area contributed by atoms with Crippen molar-refractivity contribution in [3.63, 3.8) is 0 Å². The number of nitrogens with two attached hydrogens (primary N) is 1. The number of rotatable bonds is 5. The van der Waals surface area contributed by atoms with Gasteiger partial charge in [-0.25, -0.2) is 10.8 Å². The fourth-order valence-corrected chi connectivity index (χ4v) is 2.65. The molecule has 0 fully saturated rings. The average Bonchev–Trinajstić information content (AvgIpc) is 2.47. The van der Waals surface area contributed by atoms with Gasteiger partial charge in [-0.2, -0.15) is 0 Å². The molecule has 1 aromatic carbocycles. The van der Waals surface area contributed by atoms with Gasteiger partial charge in [-0.15, -0.1) is 0 Å². The molecule has 21 heavy (non-hydrogen) atoms. The molecule has 110 valence electrons. The monoisotopic (exact) mass is 304 g/mol. The van der Waals surface area contributed by atoms with Gasteiger partial charge in [-0.05, 0) is 29.7 Å². The highest BCUT2D eigenvalue weighted by Gasteiger charge is 2.17. The zero-order valence-corrected chi connectivity index (χ0v) is 12.6. The van der Waals surface area contributed by atoms with E-state index in [1.165, 1.54) is 29.5 Å². The van der Waals surface area contributed by atoms with E-state index < -0.39 is 4.92 Å². The third-order valence-corrected chi connectivity index (χ3v) is 3.95. The van der Waals surface area contributed by atoms with Gasteiger partial charge in [0, 0.05) is 11.0 Å². The molecule has 7 heteroatoms. The summed E-state index contributed by atoms with van der Waals surface area (Å²) in [6, 6.07) is 10.8. The number of aromatic nitrogens is 1. The predicted molar refractivity (Wildman–Crippen MR) is 83.4 cm³/mol. The molecule has 1 aromatic heterocycles. The molecule has 0 radical (unpaired) electrons. The zero-order chi connectivity index (χ0) is 15.4. The second-order valence-corrected chi connectivity index (χ2v) is 5.81. The van der Waals surface area contributed by atoms with Crippen LogP contribution in [0.1, 0.15) is 25.3 Å². The summed E-state index contributed by atoms with van der Waals surface area (Å²) < 4.78 is 0. The Labute approximate surface area is 126 Å². The first kappa shape index (κ1) is 15.3. The molecule has 0 aliphatic rings. The van der Waals surface area contributed by atoms with Crippen molar-refractivity contribution >= 4 is 23.3 Å². The van der Waals surface area contributed by atoms with Crippen LogP contribution in [0.4, 0.5) is 11.5 Å². The third kappa shape index (κ3) is 3.71. The topological polar surface area (TPSA) is 94.1 Å². The van der Waals surface area contributed by atoms with E-state index in [4.69, 9.17) is 5.84 Å². The maximum Gasteiger partial charge on any atom is 0.301 e. The molecule has 0 atom stereocenters. The minimum atomic E-state index is -0.446. The zero-order valence-electron chi connectivity index (χ0n) is 11.7. The normalized spacial score (nSPS) is 10.7. The summed E-state index contributed by atoms with van der Waals surface area (Å²) in [5.41, 5.74) is 3.58. The van der Waals surface area contributed by atoms with Gasteiger partial charge < -0.3 is 5.43 Å². The number of nitro groups is 1. The largest absolute Gasteiger partial charge is 0.308 e. The molecule has 0 unspecified atom stereocenters. The van der Waals surface area contributed by atoms with Crippen molar-refractivity contribution in [2.24, 2.45) is 5.84 Å². The molecule has 2 rings (SSSR count). The molecule has 0 amide bonds. The van der Waals surface area contributed by atoms with Gasteiger partial charge in [-0.1, -0.05) is 37.7 Å². The standard InChI is InChI=1S/C14H16N4O2S/c1-9(2)10-3-5-11(6-4-10)21-14-12(18(19)20)7-8-13(16-14)17-15/h3-9H,15H2,1-2H3,(H,16,17). The van der Waals surface area contributed by atoms with Crippen molar-refractivity contribution in [3.8, 4) is 0 Å². The molecule has 2 aromatic rings. The molecular weight excluding hydrogens is 288 g/mol. The number of hydrazine groups is 1. The van der Waals surface area contributed by atoms with Crippen LogP contribution in [0.25, 0.3) is 0 Å². The lowest BCUT2D eigenvalue weighted by molar-refractivity contribution is -0.388. The summed E-state index contributed by atoms with van der Waals surface area (Å²) in [5, 5.41) is 11.4. The third-order valence-electron chi connectivity index (χ3n) is 2.95. The Kier molecular flexibility index (Phi) is 4.77. The van der Waals surface area contributed by atoms with Gasteiger partial charge in [0.1, 0.15) is 5.82 Å². The molecule has 0 bridgehead atoms. The van der Waals surface area contributed by atoms with Crippen LogP contribution in [0.3, 0.4) is 0 Å². The van der Waals surface area contributed by atoms with E-state index >= 15 is 0 Å². The first-order valence-electron chi connectivity index (χ1n) is 6.41. The van der Waals surface area contributed by atoms with Crippen molar-refractivity contribution in [2.45, 2.75) is 29.7 Å². The quantitative estimate of drug-likeness (QED) is 0.498. The molecule has 0 saturated heterocycles. The van der Waals surface area contributed by atoms with Crippen LogP contribution in [-0.4, -0.2) is 9.91 Å². The molecule has 0 spiro atoms. The Balaban J connectivity index is 2.31. The van der Waals surface area contributed by atoms with Gasteiger partial charge in [0.15, 0.2) is 5.03 Å². The molecule has 0 aliphatic carbocycles. The van der Waals surface area contributed by atoms with E-state index in [1.54, 1.807) is 0 Å². The van der Waals surface area contributed by atoms with Crippen LogP contribution in [0, 0.1) is 10.1 Å². The molecule has 0 saturated carbocycles. The van der Waals surface area contributed by atoms with Gasteiger partial charge in [-0.3, -0.25) is 10.1 Å². The van der Waals surface area contributed by atoms with Gasteiger partial charge in [0.25, 0.3) is 0 Å². The Morgan fingerprint density at radius 2 is 1.90 bits per heavy atom. The number of pyridine rings is 1. The summed E-state index contributed by atoms with van der Waals surface area (Å²) >= 11 is 1.24. The van der Waals surface area contributed by atoms with Crippen LogP contribution in [-0.2, 0) is 0 Å². The summed E-state index contributed by atoms with van der Waals surface area (Å²) in [7, 11) is 0. The van der Waals surface area contributed by atoms with E-state index in [9.17, 15) is 10.1 Å². The van der Waals surface area contributed by atoms with Gasteiger partial charge in [0.2, 0.25) is 0 Å². The molecule has 1 heterocycles. The summed E-state index contributed by atoms with van der Waals surface area (Å²) in [5.74, 6) is 6.14. The van der Waals surface area contributed by atoms with Crippen LogP contribution in [0.2, 0.25) is 0 Å². The lowest BCUT2D eigenvalue weighted by atomic mass is 10.0. The minimum absolute atomic E-state index is 0.0352. The number of nitrogens with one attached hydrogen (secondary N) is 1. The Hall–Kier alpha value is -2.12. The predicted octanol–water partition coefficient (Wildman–Crippen LogP) is 3.55. The van der Waals surface area contributed by atoms with E-state index in [2.05, 4.69) is 24.3 Å². The first-order valence-corrected chi connectivity index (χ1v) is 7.22. The highest BCUT2D eigenvalue weighted by atomic mass is 32.2. The Bertz CT molecular complexity index is 644. The summed E-state index contributed by atoms with van der Waals surface area (Å²) in [6.45, 7) is 4.23. The first-order chi connectivity index (χ1) is 10.0. The van der Waals surface area contributed by atoms with Crippen molar-refractivity contribution in [1.82, 2.24) is 4.98 Å². The maximum absolute atomic E-state index is 11.1. The second-order valence-electron chi connectivity index (χ2n) is 4.75. The summed E-state index contributed by atoms with van der Waals surface area (Å²) in [6.07, 6.45) is 0. The van der Waals surface area contributed by atoms with Crippen molar-refractivity contribution in [1.29, 1.82) is 0 Å². The van der Waals surface area contributed by atoms with Crippen LogP contribution >= 0.6 is 11.8 Å². The Morgan fingerprint density at radius 3 is 2.43 bits per heavy atom. The smallest absolute Gasteiger partial charge is 0.301 e. The Morgan fingerprint density at radius 1 is 1.24 bits per heavy atom. The number of anilines is 1. The lowest BCUT2D eigenvalue weighted by Gasteiger charge is -2.07. The number of hydrogen-bond acceptors (Lipinski definition) is 6. The molecule has 0 aliphatic heterocycles. The van der Waals surface area contributed by atoms with Crippen molar-refractivity contribution in [2.75, 3.05) is 5.43 Å². The fourth-order valence-electron chi connectivity index (χ4n) is 1.76. The second kappa shape index (κ2) is 6.55. The SMILES string of the molecule is CC(C)c1ccc(Sc2nc(NN)ccc2[N+](=O)[O-])cc1. The van der Waals surface area contributed by atoms with Crippen molar-refractivity contribution in [3.05, 3.63) is 52.1 Å². The molecule has 3 N–H and O–H groups in total. The van der Waals surface area contributed by atoms with Crippen LogP contribution < -0.4 is 11.3 Å². The fraction of sp³-hybridized carbons (Fsp3) is 0.214. The number of benzene rings is 1. The molecular formula is C14H16N4O2S. The number of hydrogen-bond donors (Lipinski definition) is 2. The lowest BCUT2D eigenvalue weighted by Crippen LogP contribution is -2.09. The minimum Gasteiger partial charge on any atom is -0.308 e.